The van der Waals surface area contributed by atoms with Gasteiger partial charge in [0.25, 0.3) is 0 Å². The lowest BCUT2D eigenvalue weighted by Gasteiger charge is -2.04. The van der Waals surface area contributed by atoms with Crippen molar-refractivity contribution in [1.29, 1.82) is 0 Å². The molecule has 0 saturated heterocycles. The Morgan fingerprint density at radius 1 is 1.40 bits per heavy atom. The van der Waals surface area contributed by atoms with Crippen LogP contribution in [0.4, 0.5) is 0 Å². The Hall–Kier alpha value is -1.66. The zero-order valence-corrected chi connectivity index (χ0v) is 12.4. The van der Waals surface area contributed by atoms with Crippen LogP contribution in [0.5, 0.6) is 0 Å². The van der Waals surface area contributed by atoms with Gasteiger partial charge in [-0.15, -0.1) is 0 Å². The summed E-state index contributed by atoms with van der Waals surface area (Å²) in [6.45, 7) is 2.27. The van der Waals surface area contributed by atoms with Crippen LogP contribution < -0.4 is 5.63 Å². The highest BCUT2D eigenvalue weighted by Crippen LogP contribution is 2.14. The van der Waals surface area contributed by atoms with E-state index in [1.54, 1.807) is 24.3 Å². The molecule has 0 bridgehead atoms. The Labute approximate surface area is 125 Å². The Kier molecular flexibility index (Phi) is 4.92. The monoisotopic (exact) mass is 308 g/mol. The van der Waals surface area contributed by atoms with E-state index in [9.17, 15) is 9.59 Å². The summed E-state index contributed by atoms with van der Waals surface area (Å²) in [5.41, 5.74) is -0.126. The molecule has 0 unspecified atom stereocenters. The second kappa shape index (κ2) is 6.67. The van der Waals surface area contributed by atoms with Crippen molar-refractivity contribution in [3.05, 3.63) is 46.3 Å². The highest BCUT2D eigenvalue weighted by Gasteiger charge is 2.14. The highest BCUT2D eigenvalue weighted by atomic mass is 32.2. The lowest BCUT2D eigenvalue weighted by atomic mass is 10.1. The lowest BCUT2D eigenvalue weighted by Crippen LogP contribution is -2.16. The SMILES string of the molecule is CCOC(=S)SCC(=O)c1cc2ccccc2oc1=O. The van der Waals surface area contributed by atoms with Crippen molar-refractivity contribution in [2.45, 2.75) is 6.92 Å². The Balaban J connectivity index is 2.19. The van der Waals surface area contributed by atoms with Crippen LogP contribution in [-0.4, -0.2) is 22.5 Å². The van der Waals surface area contributed by atoms with E-state index in [2.05, 4.69) is 0 Å². The lowest BCUT2D eigenvalue weighted by molar-refractivity contribution is 0.101. The number of benzene rings is 1. The average Bonchev–Trinajstić information content (AvgIpc) is 2.44. The van der Waals surface area contributed by atoms with Crippen molar-refractivity contribution in [3.8, 4) is 0 Å². The third-order valence-corrected chi connectivity index (χ3v) is 3.76. The van der Waals surface area contributed by atoms with Crippen LogP contribution in [0, 0.1) is 0 Å². The maximum atomic E-state index is 12.0. The fourth-order valence-electron chi connectivity index (χ4n) is 1.62. The van der Waals surface area contributed by atoms with Crippen LogP contribution in [-0.2, 0) is 4.74 Å². The number of ether oxygens (including phenoxy) is 1. The maximum Gasteiger partial charge on any atom is 0.347 e. The first-order valence-electron chi connectivity index (χ1n) is 5.97. The van der Waals surface area contributed by atoms with Gasteiger partial charge < -0.3 is 9.15 Å². The molecule has 0 fully saturated rings. The van der Waals surface area contributed by atoms with Crippen molar-refractivity contribution in [1.82, 2.24) is 0 Å². The van der Waals surface area contributed by atoms with E-state index in [1.165, 1.54) is 0 Å². The first-order chi connectivity index (χ1) is 9.61. The molecular weight excluding hydrogens is 296 g/mol. The van der Waals surface area contributed by atoms with Crippen molar-refractivity contribution >= 4 is 45.1 Å². The highest BCUT2D eigenvalue weighted by molar-refractivity contribution is 8.23. The van der Waals surface area contributed by atoms with E-state index in [4.69, 9.17) is 21.4 Å². The van der Waals surface area contributed by atoms with E-state index in [-0.39, 0.29) is 17.1 Å². The van der Waals surface area contributed by atoms with E-state index < -0.39 is 5.63 Å². The number of thioether (sulfide) groups is 1. The van der Waals surface area contributed by atoms with Gasteiger partial charge in [0.15, 0.2) is 5.78 Å². The van der Waals surface area contributed by atoms with Gasteiger partial charge in [0.05, 0.1) is 12.4 Å². The minimum atomic E-state index is -0.628. The number of ketones is 1. The molecule has 0 spiro atoms. The Morgan fingerprint density at radius 2 is 2.15 bits per heavy atom. The van der Waals surface area contributed by atoms with Gasteiger partial charge in [0.1, 0.15) is 11.1 Å². The molecule has 0 aliphatic heterocycles. The molecule has 2 rings (SSSR count). The summed E-state index contributed by atoms with van der Waals surface area (Å²) in [6.07, 6.45) is 0. The number of para-hydroxylation sites is 1. The van der Waals surface area contributed by atoms with Gasteiger partial charge in [-0.2, -0.15) is 0 Å². The van der Waals surface area contributed by atoms with Crippen molar-refractivity contribution < 1.29 is 13.9 Å². The zero-order chi connectivity index (χ0) is 14.5. The van der Waals surface area contributed by atoms with Gasteiger partial charge >= 0.3 is 5.63 Å². The molecule has 4 nitrogen and oxygen atoms in total. The summed E-state index contributed by atoms with van der Waals surface area (Å²) >= 11 is 6.02. The van der Waals surface area contributed by atoms with E-state index in [0.717, 1.165) is 11.8 Å². The number of rotatable bonds is 4. The van der Waals surface area contributed by atoms with Crippen LogP contribution in [0.1, 0.15) is 17.3 Å². The van der Waals surface area contributed by atoms with Gasteiger partial charge in [-0.05, 0) is 31.3 Å². The standard InChI is InChI=1S/C14H12O4S2/c1-2-17-14(19)20-8-11(15)10-7-9-5-3-4-6-12(9)18-13(10)16/h3-7H,2,8H2,1H3. The first-order valence-corrected chi connectivity index (χ1v) is 7.37. The number of carbonyl (C=O) groups is 1. The van der Waals surface area contributed by atoms with Crippen LogP contribution in [0.2, 0.25) is 0 Å². The molecule has 0 amide bonds. The normalized spacial score (nSPS) is 10.4. The quantitative estimate of drug-likeness (QED) is 0.491. The van der Waals surface area contributed by atoms with Crippen LogP contribution in [0.15, 0.2) is 39.5 Å². The molecule has 6 heteroatoms. The van der Waals surface area contributed by atoms with Crippen molar-refractivity contribution in [2.75, 3.05) is 12.4 Å². The molecule has 0 aliphatic rings. The molecule has 2 aromatic rings. The second-order valence-corrected chi connectivity index (χ2v) is 5.46. The summed E-state index contributed by atoms with van der Waals surface area (Å²) in [5, 5.41) is 0.716. The van der Waals surface area contributed by atoms with Crippen LogP contribution in [0.25, 0.3) is 11.0 Å². The number of thiocarbonyl (C=S) groups is 1. The van der Waals surface area contributed by atoms with E-state index in [0.29, 0.717) is 22.0 Å². The third kappa shape index (κ3) is 3.46. The van der Waals surface area contributed by atoms with Gasteiger partial charge in [-0.3, -0.25) is 4.79 Å². The van der Waals surface area contributed by atoms with Gasteiger partial charge in [-0.1, -0.05) is 30.0 Å². The molecule has 20 heavy (non-hydrogen) atoms. The number of hydrogen-bond donors (Lipinski definition) is 0. The molecule has 0 N–H and O–H groups in total. The van der Waals surface area contributed by atoms with Crippen LogP contribution >= 0.6 is 24.0 Å². The van der Waals surface area contributed by atoms with Crippen molar-refractivity contribution in [2.24, 2.45) is 0 Å². The average molecular weight is 308 g/mol. The summed E-state index contributed by atoms with van der Waals surface area (Å²) in [7, 11) is 0. The zero-order valence-electron chi connectivity index (χ0n) is 10.8. The smallest absolute Gasteiger partial charge is 0.347 e. The predicted octanol–water partition coefficient (Wildman–Crippen LogP) is 3.03. The van der Waals surface area contributed by atoms with Gasteiger partial charge in [-0.25, -0.2) is 4.79 Å². The van der Waals surface area contributed by atoms with Gasteiger partial charge in [0.2, 0.25) is 4.38 Å². The molecule has 1 aromatic heterocycles. The molecule has 1 aromatic carbocycles. The number of carbonyl (C=O) groups excluding carboxylic acids is 1. The molecule has 104 valence electrons. The summed E-state index contributed by atoms with van der Waals surface area (Å²) < 4.78 is 10.5. The minimum absolute atomic E-state index is 0.0375. The molecular formula is C14H12O4S2. The first kappa shape index (κ1) is 14.7. The van der Waals surface area contributed by atoms with Crippen molar-refractivity contribution in [3.63, 3.8) is 0 Å². The fourth-order valence-corrected chi connectivity index (χ4v) is 2.52. The second-order valence-electron chi connectivity index (χ2n) is 3.88. The third-order valence-electron chi connectivity index (χ3n) is 2.53. The van der Waals surface area contributed by atoms with E-state index in [1.807, 2.05) is 13.0 Å². The molecule has 0 saturated carbocycles. The Morgan fingerprint density at radius 3 is 2.90 bits per heavy atom. The predicted molar refractivity (Wildman–Crippen MR) is 83.5 cm³/mol. The largest absolute Gasteiger partial charge is 0.479 e. The number of Topliss-reactive ketones (excluding diaryl/α,β-unsaturated/α-hetero) is 1. The summed E-state index contributed by atoms with van der Waals surface area (Å²) in [5.74, 6) is -0.265. The number of hydrogen-bond acceptors (Lipinski definition) is 6. The summed E-state index contributed by atoms with van der Waals surface area (Å²) in [6, 6.07) is 8.60. The molecule has 0 atom stereocenters. The number of fused-ring (bicyclic) bond motifs is 1. The van der Waals surface area contributed by atoms with Crippen LogP contribution in [0.3, 0.4) is 0 Å². The topological polar surface area (TPSA) is 56.5 Å². The minimum Gasteiger partial charge on any atom is -0.479 e. The van der Waals surface area contributed by atoms with E-state index >= 15 is 0 Å². The maximum absolute atomic E-state index is 12.0. The Bertz CT molecular complexity index is 706. The molecule has 1 heterocycles. The fraction of sp³-hybridized carbons (Fsp3) is 0.214. The molecule has 0 radical (unpaired) electrons. The molecule has 0 aliphatic carbocycles. The van der Waals surface area contributed by atoms with Gasteiger partial charge in [0, 0.05) is 5.39 Å². The summed E-state index contributed by atoms with van der Waals surface area (Å²) in [4.78, 5) is 23.8.